The summed E-state index contributed by atoms with van der Waals surface area (Å²) in [6.45, 7) is 0. The van der Waals surface area contributed by atoms with Gasteiger partial charge in [-0.25, -0.2) is 9.97 Å². The zero-order valence-corrected chi connectivity index (χ0v) is 11.2. The van der Waals surface area contributed by atoms with Crippen LogP contribution in [0.1, 0.15) is 0 Å². The molecule has 3 rings (SSSR count). The van der Waals surface area contributed by atoms with Gasteiger partial charge in [0.05, 0.1) is 21.1 Å². The van der Waals surface area contributed by atoms with Crippen molar-refractivity contribution < 1.29 is 0 Å². The van der Waals surface area contributed by atoms with Gasteiger partial charge in [0.1, 0.15) is 11.3 Å². The summed E-state index contributed by atoms with van der Waals surface area (Å²) in [5.74, 6) is 0.579. The van der Waals surface area contributed by atoms with E-state index in [0.29, 0.717) is 32.1 Å². The van der Waals surface area contributed by atoms with Gasteiger partial charge >= 0.3 is 0 Å². The minimum absolute atomic E-state index is 0.346. The Morgan fingerprint density at radius 3 is 2.39 bits per heavy atom. The molecule has 1 N–H and O–H groups in total. The summed E-state index contributed by atoms with van der Waals surface area (Å²) in [6.07, 6.45) is 1.61. The van der Waals surface area contributed by atoms with Gasteiger partial charge in [-0.3, -0.25) is 0 Å². The molecule has 0 aliphatic heterocycles. The first-order valence-electron chi connectivity index (χ1n) is 5.11. The van der Waals surface area contributed by atoms with Crippen LogP contribution < -0.4 is 0 Å². The second-order valence-electron chi connectivity index (χ2n) is 3.68. The van der Waals surface area contributed by atoms with E-state index in [2.05, 4.69) is 15.0 Å². The van der Waals surface area contributed by atoms with Crippen LogP contribution >= 0.6 is 34.8 Å². The Bertz CT molecular complexity index is 716. The van der Waals surface area contributed by atoms with Crippen LogP contribution in [0.15, 0.2) is 30.5 Å². The van der Waals surface area contributed by atoms with Crippen molar-refractivity contribution in [3.05, 3.63) is 45.7 Å². The molecular weight excluding hydrogens is 293 g/mol. The van der Waals surface area contributed by atoms with E-state index < -0.39 is 0 Å². The molecule has 2 heterocycles. The van der Waals surface area contributed by atoms with E-state index in [4.69, 9.17) is 34.8 Å². The van der Waals surface area contributed by atoms with E-state index in [0.717, 1.165) is 5.52 Å². The fourth-order valence-corrected chi connectivity index (χ4v) is 2.52. The number of hydrogen-bond donors (Lipinski definition) is 1. The average molecular weight is 299 g/mol. The zero-order valence-electron chi connectivity index (χ0n) is 8.92. The SMILES string of the molecule is Clc1cccc(Cl)c1-c1nc2c(Cl)nccc2[nH]1. The normalized spacial score (nSPS) is 11.1. The molecule has 0 spiro atoms. The number of halogens is 3. The van der Waals surface area contributed by atoms with Crippen LogP contribution in [0.5, 0.6) is 0 Å². The number of hydrogen-bond acceptors (Lipinski definition) is 2. The van der Waals surface area contributed by atoms with E-state index in [-0.39, 0.29) is 0 Å². The van der Waals surface area contributed by atoms with E-state index in [1.54, 1.807) is 30.5 Å². The highest BCUT2D eigenvalue weighted by Gasteiger charge is 2.14. The van der Waals surface area contributed by atoms with Gasteiger partial charge in [0.15, 0.2) is 5.15 Å². The predicted molar refractivity (Wildman–Crippen MR) is 74.4 cm³/mol. The van der Waals surface area contributed by atoms with Gasteiger partial charge in [-0.2, -0.15) is 0 Å². The monoisotopic (exact) mass is 297 g/mol. The van der Waals surface area contributed by atoms with Gasteiger partial charge in [-0.05, 0) is 18.2 Å². The van der Waals surface area contributed by atoms with E-state index in [1.165, 1.54) is 0 Å². The van der Waals surface area contributed by atoms with Crippen molar-refractivity contribution >= 4 is 45.8 Å². The Morgan fingerprint density at radius 1 is 1.00 bits per heavy atom. The number of H-pyrrole nitrogens is 1. The number of fused-ring (bicyclic) bond motifs is 1. The van der Waals surface area contributed by atoms with Crippen LogP contribution in [0.2, 0.25) is 15.2 Å². The topological polar surface area (TPSA) is 41.6 Å². The van der Waals surface area contributed by atoms with Crippen LogP contribution in [0.3, 0.4) is 0 Å². The van der Waals surface area contributed by atoms with Crippen molar-refractivity contribution in [3.63, 3.8) is 0 Å². The number of nitrogens with one attached hydrogen (secondary N) is 1. The van der Waals surface area contributed by atoms with Crippen LogP contribution in [0.4, 0.5) is 0 Å². The number of rotatable bonds is 1. The summed E-state index contributed by atoms with van der Waals surface area (Å²) in [6, 6.07) is 7.10. The molecule has 0 aliphatic rings. The molecule has 6 heteroatoms. The number of aromatic nitrogens is 3. The van der Waals surface area contributed by atoms with E-state index >= 15 is 0 Å². The number of benzene rings is 1. The van der Waals surface area contributed by atoms with E-state index in [9.17, 15) is 0 Å². The highest BCUT2D eigenvalue weighted by atomic mass is 35.5. The molecule has 3 nitrogen and oxygen atoms in total. The lowest BCUT2D eigenvalue weighted by atomic mass is 10.2. The Morgan fingerprint density at radius 2 is 1.72 bits per heavy atom. The van der Waals surface area contributed by atoms with Crippen LogP contribution in [0.25, 0.3) is 22.4 Å². The summed E-state index contributed by atoms with van der Waals surface area (Å²) in [4.78, 5) is 11.5. The highest BCUT2D eigenvalue weighted by molar-refractivity contribution is 6.39. The van der Waals surface area contributed by atoms with E-state index in [1.807, 2.05) is 0 Å². The summed E-state index contributed by atoms with van der Waals surface area (Å²) in [5, 5.41) is 1.41. The number of pyridine rings is 1. The lowest BCUT2D eigenvalue weighted by molar-refractivity contribution is 1.33. The van der Waals surface area contributed by atoms with Crippen LogP contribution in [-0.2, 0) is 0 Å². The van der Waals surface area contributed by atoms with Crippen molar-refractivity contribution in [1.82, 2.24) is 15.0 Å². The van der Waals surface area contributed by atoms with Gasteiger partial charge in [0, 0.05) is 6.20 Å². The summed E-state index contributed by atoms with van der Waals surface area (Å²) >= 11 is 18.3. The third-order valence-electron chi connectivity index (χ3n) is 2.56. The number of nitrogens with zero attached hydrogens (tertiary/aromatic N) is 2. The molecule has 1 aromatic carbocycles. The Hall–Kier alpha value is -1.29. The van der Waals surface area contributed by atoms with Crippen molar-refractivity contribution in [2.45, 2.75) is 0 Å². The quantitative estimate of drug-likeness (QED) is 0.668. The molecule has 0 atom stereocenters. The molecule has 0 unspecified atom stereocenters. The molecule has 0 saturated heterocycles. The minimum Gasteiger partial charge on any atom is -0.338 e. The predicted octanol–water partition coefficient (Wildman–Crippen LogP) is 4.59. The largest absolute Gasteiger partial charge is 0.338 e. The molecular formula is C12H6Cl3N3. The lowest BCUT2D eigenvalue weighted by Crippen LogP contribution is -1.83. The van der Waals surface area contributed by atoms with Crippen molar-refractivity contribution in [3.8, 4) is 11.4 Å². The molecule has 0 aliphatic carbocycles. The highest BCUT2D eigenvalue weighted by Crippen LogP contribution is 2.34. The molecule has 0 amide bonds. The molecule has 18 heavy (non-hydrogen) atoms. The third kappa shape index (κ3) is 1.85. The second-order valence-corrected chi connectivity index (χ2v) is 4.85. The maximum atomic E-state index is 6.14. The molecule has 2 aromatic heterocycles. The Balaban J connectivity index is 2.30. The van der Waals surface area contributed by atoms with Gasteiger partial charge in [0.25, 0.3) is 0 Å². The first kappa shape index (κ1) is 11.8. The fourth-order valence-electron chi connectivity index (χ4n) is 1.75. The minimum atomic E-state index is 0.346. The summed E-state index contributed by atoms with van der Waals surface area (Å²) in [5.41, 5.74) is 2.05. The third-order valence-corrected chi connectivity index (χ3v) is 3.46. The molecule has 90 valence electrons. The van der Waals surface area contributed by atoms with Crippen molar-refractivity contribution in [2.24, 2.45) is 0 Å². The van der Waals surface area contributed by atoms with Gasteiger partial charge in [-0.1, -0.05) is 40.9 Å². The first-order chi connectivity index (χ1) is 8.66. The Labute approximate surface area is 118 Å². The van der Waals surface area contributed by atoms with Crippen LogP contribution in [0, 0.1) is 0 Å². The maximum Gasteiger partial charge on any atom is 0.156 e. The molecule has 0 fully saturated rings. The second kappa shape index (κ2) is 4.43. The molecule has 3 aromatic rings. The summed E-state index contributed by atoms with van der Waals surface area (Å²) < 4.78 is 0. The maximum absolute atomic E-state index is 6.14. The fraction of sp³-hybridized carbons (Fsp3) is 0. The van der Waals surface area contributed by atoms with Gasteiger partial charge in [0.2, 0.25) is 0 Å². The van der Waals surface area contributed by atoms with Gasteiger partial charge in [-0.15, -0.1) is 0 Å². The molecule has 0 saturated carbocycles. The standard InChI is InChI=1S/C12H6Cl3N3/c13-6-2-1-3-7(14)9(6)12-17-8-4-5-16-11(15)10(8)18-12/h1-5H,(H,17,18). The Kier molecular flexibility index (Phi) is 2.90. The lowest BCUT2D eigenvalue weighted by Gasteiger charge is -2.02. The first-order valence-corrected chi connectivity index (χ1v) is 6.25. The van der Waals surface area contributed by atoms with Crippen LogP contribution in [-0.4, -0.2) is 15.0 Å². The number of aromatic amines is 1. The van der Waals surface area contributed by atoms with Crippen molar-refractivity contribution in [2.75, 3.05) is 0 Å². The summed E-state index contributed by atoms with van der Waals surface area (Å²) in [7, 11) is 0. The molecule has 0 radical (unpaired) electrons. The average Bonchev–Trinajstić information content (AvgIpc) is 2.74. The number of imidazole rings is 1. The zero-order chi connectivity index (χ0) is 12.7. The smallest absolute Gasteiger partial charge is 0.156 e. The molecule has 0 bridgehead atoms. The van der Waals surface area contributed by atoms with Crippen molar-refractivity contribution in [1.29, 1.82) is 0 Å². The van der Waals surface area contributed by atoms with Gasteiger partial charge < -0.3 is 4.98 Å².